The molecule has 2 aromatic rings. The van der Waals surface area contributed by atoms with Crippen LogP contribution in [0.4, 0.5) is 19.1 Å². The molecule has 0 aromatic carbocycles. The number of alkyl halides is 3. The Hall–Kier alpha value is -2.12. The van der Waals surface area contributed by atoms with Crippen molar-refractivity contribution < 1.29 is 13.2 Å². The number of aromatic nitrogens is 4. The predicted molar refractivity (Wildman–Crippen MR) is 74.4 cm³/mol. The second-order valence-corrected chi connectivity index (χ2v) is 5.47. The topological polar surface area (TPSA) is 46.8 Å². The first-order valence-electron chi connectivity index (χ1n) is 7.09. The Morgan fingerprint density at radius 3 is 2.86 bits per heavy atom. The normalized spacial score (nSPS) is 18.9. The van der Waals surface area contributed by atoms with Gasteiger partial charge in [0, 0.05) is 18.9 Å². The summed E-state index contributed by atoms with van der Waals surface area (Å²) >= 11 is 0. The summed E-state index contributed by atoms with van der Waals surface area (Å²) in [7, 11) is 0. The number of aryl methyl sites for hydroxylation is 1. The van der Waals surface area contributed by atoms with Crippen LogP contribution in [0.5, 0.6) is 0 Å². The van der Waals surface area contributed by atoms with Crippen molar-refractivity contribution in [2.75, 3.05) is 11.4 Å². The van der Waals surface area contributed by atoms with Gasteiger partial charge in [-0.1, -0.05) is 0 Å². The number of anilines is 1. The maximum absolute atomic E-state index is 12.8. The molecule has 3 heterocycles. The summed E-state index contributed by atoms with van der Waals surface area (Å²) in [6.07, 6.45) is 2.19. The molecule has 5 nitrogen and oxygen atoms in total. The van der Waals surface area contributed by atoms with Crippen molar-refractivity contribution in [3.8, 4) is 0 Å². The van der Waals surface area contributed by atoms with Gasteiger partial charge in [0.25, 0.3) is 0 Å². The van der Waals surface area contributed by atoms with Crippen molar-refractivity contribution in [1.82, 2.24) is 19.7 Å². The molecule has 0 saturated carbocycles. The molecule has 0 N–H and O–H groups in total. The molecule has 1 saturated heterocycles. The predicted octanol–water partition coefficient (Wildman–Crippen LogP) is 2.67. The van der Waals surface area contributed by atoms with Gasteiger partial charge in [-0.15, -0.1) is 0 Å². The Morgan fingerprint density at radius 1 is 1.36 bits per heavy atom. The van der Waals surface area contributed by atoms with E-state index in [1.165, 1.54) is 6.20 Å². The highest BCUT2D eigenvalue weighted by atomic mass is 19.4. The molecule has 1 aliphatic rings. The minimum Gasteiger partial charge on any atom is -0.336 e. The number of rotatable bonds is 3. The zero-order valence-electron chi connectivity index (χ0n) is 12.1. The highest BCUT2D eigenvalue weighted by Crippen LogP contribution is 2.30. The highest BCUT2D eigenvalue weighted by Gasteiger charge is 2.34. The third kappa shape index (κ3) is 3.05. The van der Waals surface area contributed by atoms with E-state index < -0.39 is 11.9 Å². The van der Waals surface area contributed by atoms with E-state index in [-0.39, 0.29) is 12.0 Å². The van der Waals surface area contributed by atoms with Gasteiger partial charge in [-0.2, -0.15) is 18.3 Å². The van der Waals surface area contributed by atoms with E-state index in [4.69, 9.17) is 0 Å². The van der Waals surface area contributed by atoms with Crippen LogP contribution in [0.15, 0.2) is 24.7 Å². The van der Waals surface area contributed by atoms with Crippen LogP contribution >= 0.6 is 0 Å². The maximum Gasteiger partial charge on any atom is 0.433 e. The lowest BCUT2D eigenvalue weighted by molar-refractivity contribution is -0.141. The molecule has 22 heavy (non-hydrogen) atoms. The summed E-state index contributed by atoms with van der Waals surface area (Å²) in [4.78, 5) is 9.54. The fraction of sp³-hybridized carbons (Fsp3) is 0.500. The third-order valence-corrected chi connectivity index (χ3v) is 3.73. The van der Waals surface area contributed by atoms with Crippen LogP contribution in [-0.4, -0.2) is 32.3 Å². The standard InChI is InChI=1S/C14H16F3N5/c1-10-7-19-21(8-10)9-11-3-2-6-22(11)13-18-5-4-12(20-13)14(15,16)17/h4-5,7-8,11H,2-3,6,9H2,1H3/t11-/m0/s1. The van der Waals surface area contributed by atoms with Gasteiger partial charge < -0.3 is 4.90 Å². The van der Waals surface area contributed by atoms with Crippen molar-refractivity contribution in [2.24, 2.45) is 0 Å². The van der Waals surface area contributed by atoms with E-state index in [0.717, 1.165) is 24.5 Å². The van der Waals surface area contributed by atoms with Crippen LogP contribution in [0, 0.1) is 6.92 Å². The highest BCUT2D eigenvalue weighted by molar-refractivity contribution is 5.34. The van der Waals surface area contributed by atoms with Gasteiger partial charge in [0.1, 0.15) is 5.69 Å². The quantitative estimate of drug-likeness (QED) is 0.874. The average molecular weight is 311 g/mol. The van der Waals surface area contributed by atoms with Crippen molar-refractivity contribution in [3.05, 3.63) is 35.9 Å². The van der Waals surface area contributed by atoms with E-state index in [0.29, 0.717) is 13.1 Å². The lowest BCUT2D eigenvalue weighted by atomic mass is 10.2. The summed E-state index contributed by atoms with van der Waals surface area (Å²) in [6.45, 7) is 3.23. The molecule has 0 amide bonds. The van der Waals surface area contributed by atoms with Crippen LogP contribution in [0.2, 0.25) is 0 Å². The lowest BCUT2D eigenvalue weighted by Crippen LogP contribution is -2.34. The molecule has 0 aliphatic carbocycles. The minimum atomic E-state index is -4.45. The summed E-state index contributed by atoms with van der Waals surface area (Å²) in [5, 5.41) is 4.23. The summed E-state index contributed by atoms with van der Waals surface area (Å²) in [5.41, 5.74) is 0.151. The first-order valence-corrected chi connectivity index (χ1v) is 7.09. The van der Waals surface area contributed by atoms with E-state index in [1.807, 2.05) is 22.7 Å². The number of halogens is 3. The first kappa shape index (κ1) is 14.8. The Balaban J connectivity index is 1.81. The van der Waals surface area contributed by atoms with Crippen LogP contribution in [0.1, 0.15) is 24.1 Å². The van der Waals surface area contributed by atoms with Crippen molar-refractivity contribution in [2.45, 2.75) is 38.5 Å². The molecule has 2 aromatic heterocycles. The Kier molecular flexibility index (Phi) is 3.76. The molecule has 0 unspecified atom stereocenters. The minimum absolute atomic E-state index is 0.0581. The molecule has 3 rings (SSSR count). The summed E-state index contributed by atoms with van der Waals surface area (Å²) in [6, 6.07) is 0.952. The summed E-state index contributed by atoms with van der Waals surface area (Å²) in [5.74, 6) is 0.140. The molecular formula is C14H16F3N5. The first-order chi connectivity index (χ1) is 10.4. The number of hydrogen-bond donors (Lipinski definition) is 0. The average Bonchev–Trinajstić information content (AvgIpc) is 3.08. The fourth-order valence-corrected chi connectivity index (χ4v) is 2.72. The zero-order chi connectivity index (χ0) is 15.7. The van der Waals surface area contributed by atoms with Gasteiger partial charge in [-0.05, 0) is 31.4 Å². The van der Waals surface area contributed by atoms with Crippen LogP contribution < -0.4 is 4.90 Å². The summed E-state index contributed by atoms with van der Waals surface area (Å²) < 4.78 is 40.1. The molecule has 118 valence electrons. The number of nitrogens with zero attached hydrogens (tertiary/aromatic N) is 5. The Morgan fingerprint density at radius 2 is 2.18 bits per heavy atom. The maximum atomic E-state index is 12.8. The van der Waals surface area contributed by atoms with E-state index in [2.05, 4.69) is 15.1 Å². The Labute approximate surface area is 125 Å². The van der Waals surface area contributed by atoms with Gasteiger partial charge in [0.05, 0.1) is 18.8 Å². The van der Waals surface area contributed by atoms with Crippen LogP contribution in [0.25, 0.3) is 0 Å². The SMILES string of the molecule is Cc1cnn(C[C@@H]2CCCN2c2nccc(C(F)(F)F)n2)c1. The molecule has 0 bridgehead atoms. The second kappa shape index (κ2) is 5.58. The van der Waals surface area contributed by atoms with Crippen LogP contribution in [0.3, 0.4) is 0 Å². The van der Waals surface area contributed by atoms with E-state index in [9.17, 15) is 13.2 Å². The molecule has 1 aliphatic heterocycles. The smallest absolute Gasteiger partial charge is 0.336 e. The van der Waals surface area contributed by atoms with Crippen LogP contribution in [-0.2, 0) is 12.7 Å². The van der Waals surface area contributed by atoms with Gasteiger partial charge in [0.2, 0.25) is 5.95 Å². The fourth-order valence-electron chi connectivity index (χ4n) is 2.72. The second-order valence-electron chi connectivity index (χ2n) is 5.47. The molecular weight excluding hydrogens is 295 g/mol. The van der Waals surface area contributed by atoms with Gasteiger partial charge in [-0.3, -0.25) is 4.68 Å². The Bertz CT molecular complexity index is 652. The molecule has 1 atom stereocenters. The van der Waals surface area contributed by atoms with E-state index in [1.54, 1.807) is 6.20 Å². The molecule has 8 heteroatoms. The van der Waals surface area contributed by atoms with Crippen molar-refractivity contribution in [1.29, 1.82) is 0 Å². The monoisotopic (exact) mass is 311 g/mol. The molecule has 1 fully saturated rings. The van der Waals surface area contributed by atoms with Crippen molar-refractivity contribution >= 4 is 5.95 Å². The lowest BCUT2D eigenvalue weighted by Gasteiger charge is -2.25. The van der Waals surface area contributed by atoms with Gasteiger partial charge >= 0.3 is 6.18 Å². The molecule has 0 spiro atoms. The number of hydrogen-bond acceptors (Lipinski definition) is 4. The van der Waals surface area contributed by atoms with Gasteiger partial charge in [0.15, 0.2) is 0 Å². The molecule has 0 radical (unpaired) electrons. The van der Waals surface area contributed by atoms with E-state index >= 15 is 0 Å². The van der Waals surface area contributed by atoms with Gasteiger partial charge in [-0.25, -0.2) is 9.97 Å². The zero-order valence-corrected chi connectivity index (χ0v) is 12.1. The van der Waals surface area contributed by atoms with Crippen molar-refractivity contribution in [3.63, 3.8) is 0 Å². The third-order valence-electron chi connectivity index (χ3n) is 3.73. The largest absolute Gasteiger partial charge is 0.433 e.